The quantitative estimate of drug-likeness (QED) is 0.155. The summed E-state index contributed by atoms with van der Waals surface area (Å²) >= 11 is 0. The molecule has 0 saturated heterocycles. The van der Waals surface area contributed by atoms with Gasteiger partial charge in [0.25, 0.3) is 0 Å². The lowest BCUT2D eigenvalue weighted by Gasteiger charge is -2.29. The van der Waals surface area contributed by atoms with E-state index in [9.17, 15) is 14.4 Å². The van der Waals surface area contributed by atoms with Crippen molar-refractivity contribution in [1.82, 2.24) is 5.32 Å². The second kappa shape index (κ2) is 17.8. The van der Waals surface area contributed by atoms with Crippen molar-refractivity contribution in [2.24, 2.45) is 0 Å². The van der Waals surface area contributed by atoms with Gasteiger partial charge in [-0.3, -0.25) is 4.79 Å². The predicted octanol–water partition coefficient (Wildman–Crippen LogP) is 5.53. The minimum Gasteiger partial charge on any atom is -0.494 e. The Labute approximate surface area is 211 Å². The fraction of sp³-hybridized carbons (Fsp3) is 0.679. The van der Waals surface area contributed by atoms with Gasteiger partial charge in [0.1, 0.15) is 5.75 Å². The highest BCUT2D eigenvalue weighted by atomic mass is 16.6. The summed E-state index contributed by atoms with van der Waals surface area (Å²) in [6.07, 6.45) is 11.8. The lowest BCUT2D eigenvalue weighted by atomic mass is 9.90. The smallest absolute Gasteiger partial charge is 0.343 e. The van der Waals surface area contributed by atoms with Crippen LogP contribution in [0.5, 0.6) is 5.75 Å². The predicted molar refractivity (Wildman–Crippen MR) is 137 cm³/mol. The molecule has 0 atom stereocenters. The van der Waals surface area contributed by atoms with Crippen molar-refractivity contribution in [1.29, 1.82) is 0 Å². The maximum absolute atomic E-state index is 12.7. The summed E-state index contributed by atoms with van der Waals surface area (Å²) in [7, 11) is 0. The highest BCUT2D eigenvalue weighted by molar-refractivity contribution is 6.07. The van der Waals surface area contributed by atoms with Crippen molar-refractivity contribution >= 4 is 17.8 Å². The molecule has 0 fully saturated rings. The Morgan fingerprint density at radius 2 is 1.29 bits per heavy atom. The number of hydrogen-bond donors (Lipinski definition) is 1. The third kappa shape index (κ3) is 11.6. The van der Waals surface area contributed by atoms with E-state index in [1.165, 1.54) is 58.3 Å². The van der Waals surface area contributed by atoms with Crippen LogP contribution >= 0.6 is 0 Å². The summed E-state index contributed by atoms with van der Waals surface area (Å²) in [5, 5.41) is 2.49. The molecule has 35 heavy (non-hydrogen) atoms. The first kappa shape index (κ1) is 30.5. The van der Waals surface area contributed by atoms with E-state index in [4.69, 9.17) is 14.2 Å². The molecule has 1 rings (SSSR count). The van der Waals surface area contributed by atoms with Gasteiger partial charge in [0.2, 0.25) is 11.4 Å². The Balaban J connectivity index is 2.56. The van der Waals surface area contributed by atoms with Crippen molar-refractivity contribution in [2.45, 2.75) is 104 Å². The van der Waals surface area contributed by atoms with E-state index in [1.807, 2.05) is 24.3 Å². The third-order valence-electron chi connectivity index (χ3n) is 5.87. The Hall–Kier alpha value is -2.57. The molecule has 0 aliphatic rings. The van der Waals surface area contributed by atoms with E-state index in [-0.39, 0.29) is 19.6 Å². The van der Waals surface area contributed by atoms with Crippen LogP contribution in [-0.2, 0) is 30.3 Å². The molecule has 1 N–H and O–H groups in total. The number of ether oxygens (including phenoxy) is 3. The van der Waals surface area contributed by atoms with Crippen LogP contribution in [-0.4, -0.2) is 43.2 Å². The standard InChI is InChI=1S/C28H45NO6/c1-5-8-9-10-11-12-13-14-15-22-35-25-18-16-24(17-19-25)20-21-28(29-23(4)30,26(31)33-6-2)27(32)34-7-3/h16-19H,5-15,20-22H2,1-4H3,(H,29,30). The molecule has 7 nitrogen and oxygen atoms in total. The van der Waals surface area contributed by atoms with Gasteiger partial charge in [-0.25, -0.2) is 9.59 Å². The molecule has 0 aliphatic heterocycles. The Morgan fingerprint density at radius 3 is 1.77 bits per heavy atom. The highest BCUT2D eigenvalue weighted by Crippen LogP contribution is 2.21. The zero-order valence-electron chi connectivity index (χ0n) is 22.2. The van der Waals surface area contributed by atoms with E-state index in [2.05, 4.69) is 12.2 Å². The molecule has 1 aromatic rings. The first-order valence-electron chi connectivity index (χ1n) is 13.2. The number of amides is 1. The Kier molecular flexibility index (Phi) is 15.5. The summed E-state index contributed by atoms with van der Waals surface area (Å²) in [6, 6.07) is 7.58. The Bertz CT molecular complexity index is 728. The third-order valence-corrected chi connectivity index (χ3v) is 5.87. The number of unbranched alkanes of at least 4 members (excludes halogenated alkanes) is 8. The number of esters is 2. The first-order valence-corrected chi connectivity index (χ1v) is 13.2. The van der Waals surface area contributed by atoms with Crippen molar-refractivity contribution in [3.63, 3.8) is 0 Å². The lowest BCUT2D eigenvalue weighted by molar-refractivity contribution is -0.168. The molecule has 0 saturated carbocycles. The van der Waals surface area contributed by atoms with Gasteiger partial charge in [-0.1, -0.05) is 70.4 Å². The van der Waals surface area contributed by atoms with Gasteiger partial charge in [0.15, 0.2) is 0 Å². The number of carbonyl (C=O) groups is 3. The van der Waals surface area contributed by atoms with Crippen molar-refractivity contribution in [2.75, 3.05) is 19.8 Å². The average molecular weight is 492 g/mol. The van der Waals surface area contributed by atoms with Crippen LogP contribution in [0.25, 0.3) is 0 Å². The molecule has 0 unspecified atom stereocenters. The zero-order valence-corrected chi connectivity index (χ0v) is 22.2. The van der Waals surface area contributed by atoms with Gasteiger partial charge in [-0.15, -0.1) is 0 Å². The van der Waals surface area contributed by atoms with Crippen molar-refractivity contribution in [3.05, 3.63) is 29.8 Å². The highest BCUT2D eigenvalue weighted by Gasteiger charge is 2.49. The summed E-state index contributed by atoms with van der Waals surface area (Å²) < 4.78 is 16.1. The molecular weight excluding hydrogens is 446 g/mol. The van der Waals surface area contributed by atoms with Gasteiger partial charge < -0.3 is 19.5 Å². The molecule has 0 radical (unpaired) electrons. The van der Waals surface area contributed by atoms with Crippen LogP contribution in [0.3, 0.4) is 0 Å². The van der Waals surface area contributed by atoms with E-state index in [1.54, 1.807) is 13.8 Å². The fourth-order valence-corrected chi connectivity index (χ4v) is 3.95. The number of rotatable bonds is 19. The number of hydrogen-bond acceptors (Lipinski definition) is 6. The largest absolute Gasteiger partial charge is 0.494 e. The van der Waals surface area contributed by atoms with Crippen LogP contribution in [0, 0.1) is 0 Å². The maximum Gasteiger partial charge on any atom is 0.343 e. The summed E-state index contributed by atoms with van der Waals surface area (Å²) in [6.45, 7) is 7.66. The fourth-order valence-electron chi connectivity index (χ4n) is 3.95. The van der Waals surface area contributed by atoms with E-state index in [0.29, 0.717) is 13.0 Å². The van der Waals surface area contributed by atoms with Crippen LogP contribution in [0.2, 0.25) is 0 Å². The van der Waals surface area contributed by atoms with Crippen molar-refractivity contribution in [3.8, 4) is 5.75 Å². The Morgan fingerprint density at radius 1 is 0.771 bits per heavy atom. The molecule has 1 aromatic carbocycles. The van der Waals surface area contributed by atoms with Gasteiger partial charge in [-0.2, -0.15) is 0 Å². The second-order valence-electron chi connectivity index (χ2n) is 8.85. The molecule has 0 aromatic heterocycles. The molecule has 0 bridgehead atoms. The number of nitrogens with one attached hydrogen (secondary N) is 1. The second-order valence-corrected chi connectivity index (χ2v) is 8.85. The molecule has 0 spiro atoms. The average Bonchev–Trinajstić information content (AvgIpc) is 2.83. The maximum atomic E-state index is 12.7. The van der Waals surface area contributed by atoms with E-state index < -0.39 is 23.4 Å². The normalized spacial score (nSPS) is 11.1. The minimum absolute atomic E-state index is 0.0306. The molecule has 0 heterocycles. The molecule has 0 aliphatic carbocycles. The minimum atomic E-state index is -1.87. The molecule has 7 heteroatoms. The zero-order chi connectivity index (χ0) is 25.9. The van der Waals surface area contributed by atoms with Gasteiger partial charge in [0.05, 0.1) is 19.8 Å². The summed E-state index contributed by atoms with van der Waals surface area (Å²) in [5.74, 6) is -1.34. The van der Waals surface area contributed by atoms with E-state index in [0.717, 1.165) is 17.7 Å². The molecule has 1 amide bonds. The molecule has 198 valence electrons. The van der Waals surface area contributed by atoms with Gasteiger partial charge in [0, 0.05) is 6.92 Å². The first-order chi connectivity index (χ1) is 16.9. The van der Waals surface area contributed by atoms with Crippen LogP contribution in [0.15, 0.2) is 24.3 Å². The number of benzene rings is 1. The monoisotopic (exact) mass is 491 g/mol. The summed E-state index contributed by atoms with van der Waals surface area (Å²) in [4.78, 5) is 37.2. The summed E-state index contributed by atoms with van der Waals surface area (Å²) in [5.41, 5.74) is -0.966. The van der Waals surface area contributed by atoms with Crippen LogP contribution in [0.4, 0.5) is 0 Å². The molecular formula is C28H45NO6. The van der Waals surface area contributed by atoms with E-state index >= 15 is 0 Å². The van der Waals surface area contributed by atoms with Gasteiger partial charge in [-0.05, 0) is 50.8 Å². The number of carbonyl (C=O) groups excluding carboxylic acids is 3. The topological polar surface area (TPSA) is 90.9 Å². The number of aryl methyl sites for hydroxylation is 1. The van der Waals surface area contributed by atoms with Crippen LogP contribution in [0.1, 0.15) is 97.5 Å². The van der Waals surface area contributed by atoms with Gasteiger partial charge >= 0.3 is 11.9 Å². The SMILES string of the molecule is CCCCCCCCCCCOc1ccc(CCC(NC(C)=O)(C(=O)OCC)C(=O)OCC)cc1. The lowest BCUT2D eigenvalue weighted by Crippen LogP contribution is -2.61. The van der Waals surface area contributed by atoms with Crippen molar-refractivity contribution < 1.29 is 28.6 Å². The van der Waals surface area contributed by atoms with Crippen LogP contribution < -0.4 is 10.1 Å².